The van der Waals surface area contributed by atoms with Crippen molar-refractivity contribution in [3.63, 3.8) is 0 Å². The van der Waals surface area contributed by atoms with Crippen molar-refractivity contribution in [2.24, 2.45) is 11.3 Å². The fraction of sp³-hybridized carbons (Fsp3) is 1.00. The Balaban J connectivity index is 1.59. The van der Waals surface area contributed by atoms with Crippen molar-refractivity contribution in [3.05, 3.63) is 0 Å². The Morgan fingerprint density at radius 3 is 2.29 bits per heavy atom. The Bertz CT molecular complexity index is 172. The molecule has 0 saturated heterocycles. The van der Waals surface area contributed by atoms with Crippen LogP contribution in [0.3, 0.4) is 0 Å². The molecular formula is C13H25N. The molecule has 0 spiro atoms. The van der Waals surface area contributed by atoms with Crippen LogP contribution in [0.2, 0.25) is 0 Å². The lowest BCUT2D eigenvalue weighted by atomic mass is 9.68. The predicted molar refractivity (Wildman–Crippen MR) is 61.4 cm³/mol. The van der Waals surface area contributed by atoms with Gasteiger partial charge in [0.2, 0.25) is 0 Å². The summed E-state index contributed by atoms with van der Waals surface area (Å²) in [6.07, 6.45) is 10.2. The lowest BCUT2D eigenvalue weighted by molar-refractivity contribution is 0.120. The molecule has 1 nitrogen and oxygen atoms in total. The average molecular weight is 195 g/mol. The average Bonchev–Trinajstić information content (AvgIpc) is 2.13. The van der Waals surface area contributed by atoms with Crippen molar-refractivity contribution in [2.75, 3.05) is 6.54 Å². The van der Waals surface area contributed by atoms with Crippen molar-refractivity contribution in [1.82, 2.24) is 5.32 Å². The molecule has 0 aromatic heterocycles. The van der Waals surface area contributed by atoms with E-state index in [-0.39, 0.29) is 0 Å². The molecule has 0 aliphatic heterocycles. The van der Waals surface area contributed by atoms with Gasteiger partial charge in [0.25, 0.3) is 0 Å². The molecule has 2 saturated carbocycles. The molecule has 2 aliphatic carbocycles. The van der Waals surface area contributed by atoms with Crippen molar-refractivity contribution >= 4 is 0 Å². The molecule has 0 unspecified atom stereocenters. The SMILES string of the molecule is CC1(C)CC(NCC2CCCCC2)C1. The van der Waals surface area contributed by atoms with E-state index in [1.807, 2.05) is 0 Å². The molecule has 0 heterocycles. The van der Waals surface area contributed by atoms with Crippen molar-refractivity contribution in [1.29, 1.82) is 0 Å². The molecule has 0 bridgehead atoms. The zero-order valence-electron chi connectivity index (χ0n) is 9.81. The van der Waals surface area contributed by atoms with Crippen LogP contribution in [0, 0.1) is 11.3 Å². The predicted octanol–water partition coefficient (Wildman–Crippen LogP) is 3.34. The zero-order chi connectivity index (χ0) is 10.0. The molecule has 0 radical (unpaired) electrons. The van der Waals surface area contributed by atoms with Crippen molar-refractivity contribution < 1.29 is 0 Å². The largest absolute Gasteiger partial charge is 0.314 e. The minimum atomic E-state index is 0.629. The van der Waals surface area contributed by atoms with Crippen molar-refractivity contribution in [2.45, 2.75) is 64.8 Å². The molecule has 1 heteroatoms. The maximum absolute atomic E-state index is 3.74. The van der Waals surface area contributed by atoms with Gasteiger partial charge >= 0.3 is 0 Å². The van der Waals surface area contributed by atoms with E-state index in [2.05, 4.69) is 19.2 Å². The molecule has 14 heavy (non-hydrogen) atoms. The number of nitrogens with one attached hydrogen (secondary N) is 1. The Hall–Kier alpha value is -0.0400. The normalized spacial score (nSPS) is 28.7. The molecule has 0 atom stereocenters. The minimum absolute atomic E-state index is 0.629. The summed E-state index contributed by atoms with van der Waals surface area (Å²) in [5.41, 5.74) is 0.629. The summed E-state index contributed by atoms with van der Waals surface area (Å²) in [6.45, 7) is 6.05. The van der Waals surface area contributed by atoms with E-state index in [0.717, 1.165) is 12.0 Å². The molecule has 1 N–H and O–H groups in total. The van der Waals surface area contributed by atoms with Gasteiger partial charge in [-0.1, -0.05) is 33.1 Å². The highest BCUT2D eigenvalue weighted by Crippen LogP contribution is 2.39. The summed E-state index contributed by atoms with van der Waals surface area (Å²) in [5.74, 6) is 0.993. The Kier molecular flexibility index (Phi) is 3.16. The van der Waals surface area contributed by atoms with E-state index in [1.165, 1.54) is 51.5 Å². The molecule has 2 aliphatic rings. The third-order valence-corrected chi connectivity index (χ3v) is 4.02. The summed E-state index contributed by atoms with van der Waals surface area (Å²) in [4.78, 5) is 0. The van der Waals surface area contributed by atoms with Gasteiger partial charge in [0.05, 0.1) is 0 Å². The molecular weight excluding hydrogens is 170 g/mol. The van der Waals surface area contributed by atoms with Gasteiger partial charge in [-0.15, -0.1) is 0 Å². The van der Waals surface area contributed by atoms with Crippen LogP contribution in [-0.2, 0) is 0 Å². The van der Waals surface area contributed by atoms with Crippen LogP contribution < -0.4 is 5.32 Å². The molecule has 2 rings (SSSR count). The summed E-state index contributed by atoms with van der Waals surface area (Å²) < 4.78 is 0. The molecule has 82 valence electrons. The lowest BCUT2D eigenvalue weighted by Crippen LogP contribution is -2.47. The van der Waals surface area contributed by atoms with Gasteiger partial charge in [-0.3, -0.25) is 0 Å². The minimum Gasteiger partial charge on any atom is -0.314 e. The Labute approximate surface area is 88.7 Å². The van der Waals surface area contributed by atoms with Crippen LogP contribution in [0.1, 0.15) is 58.8 Å². The first-order valence-electron chi connectivity index (χ1n) is 6.39. The standard InChI is InChI=1S/C13H25N/c1-13(2)8-12(9-13)14-10-11-6-4-3-5-7-11/h11-12,14H,3-10H2,1-2H3. The van der Waals surface area contributed by atoms with Gasteiger partial charge in [0.1, 0.15) is 0 Å². The van der Waals surface area contributed by atoms with Gasteiger partial charge in [-0.25, -0.2) is 0 Å². The van der Waals surface area contributed by atoms with Crippen LogP contribution in [0.25, 0.3) is 0 Å². The smallest absolute Gasteiger partial charge is 0.00773 e. The van der Waals surface area contributed by atoms with Gasteiger partial charge in [0.15, 0.2) is 0 Å². The number of rotatable bonds is 3. The van der Waals surface area contributed by atoms with Crippen LogP contribution in [0.5, 0.6) is 0 Å². The third-order valence-electron chi connectivity index (χ3n) is 4.02. The van der Waals surface area contributed by atoms with E-state index in [4.69, 9.17) is 0 Å². The van der Waals surface area contributed by atoms with Gasteiger partial charge in [-0.05, 0) is 43.6 Å². The monoisotopic (exact) mass is 195 g/mol. The Morgan fingerprint density at radius 2 is 1.71 bits per heavy atom. The first kappa shape index (κ1) is 10.5. The van der Waals surface area contributed by atoms with Gasteiger partial charge < -0.3 is 5.32 Å². The van der Waals surface area contributed by atoms with Gasteiger partial charge in [0, 0.05) is 6.04 Å². The summed E-state index contributed by atoms with van der Waals surface area (Å²) >= 11 is 0. The lowest BCUT2D eigenvalue weighted by Gasteiger charge is -2.43. The topological polar surface area (TPSA) is 12.0 Å². The first-order valence-corrected chi connectivity index (χ1v) is 6.39. The van der Waals surface area contributed by atoms with E-state index in [0.29, 0.717) is 5.41 Å². The maximum Gasteiger partial charge on any atom is 0.00773 e. The molecule has 2 fully saturated rings. The Morgan fingerprint density at radius 1 is 1.07 bits per heavy atom. The second kappa shape index (κ2) is 4.22. The van der Waals surface area contributed by atoms with E-state index in [1.54, 1.807) is 0 Å². The summed E-state index contributed by atoms with van der Waals surface area (Å²) in [7, 11) is 0. The zero-order valence-corrected chi connectivity index (χ0v) is 9.81. The highest BCUT2D eigenvalue weighted by atomic mass is 14.9. The molecule has 0 aromatic carbocycles. The number of hydrogen-bond acceptors (Lipinski definition) is 1. The third kappa shape index (κ3) is 2.73. The fourth-order valence-electron chi connectivity index (χ4n) is 3.14. The number of hydrogen-bond donors (Lipinski definition) is 1. The van der Waals surface area contributed by atoms with E-state index < -0.39 is 0 Å². The highest BCUT2D eigenvalue weighted by molar-refractivity contribution is 4.91. The van der Waals surface area contributed by atoms with Gasteiger partial charge in [-0.2, -0.15) is 0 Å². The van der Waals surface area contributed by atoms with E-state index in [9.17, 15) is 0 Å². The maximum atomic E-state index is 3.74. The van der Waals surface area contributed by atoms with Crippen LogP contribution in [-0.4, -0.2) is 12.6 Å². The summed E-state index contributed by atoms with van der Waals surface area (Å²) in [5, 5.41) is 3.74. The molecule has 0 amide bonds. The second-order valence-electron chi connectivity index (χ2n) is 6.18. The fourth-order valence-corrected chi connectivity index (χ4v) is 3.14. The highest BCUT2D eigenvalue weighted by Gasteiger charge is 2.35. The first-order chi connectivity index (χ1) is 6.66. The summed E-state index contributed by atoms with van der Waals surface area (Å²) in [6, 6.07) is 0.840. The van der Waals surface area contributed by atoms with Crippen LogP contribution in [0.4, 0.5) is 0 Å². The van der Waals surface area contributed by atoms with Crippen LogP contribution in [0.15, 0.2) is 0 Å². The quantitative estimate of drug-likeness (QED) is 0.728. The van der Waals surface area contributed by atoms with Crippen LogP contribution >= 0.6 is 0 Å². The van der Waals surface area contributed by atoms with E-state index >= 15 is 0 Å². The molecule has 0 aromatic rings. The second-order valence-corrected chi connectivity index (χ2v) is 6.18. The van der Waals surface area contributed by atoms with Crippen molar-refractivity contribution in [3.8, 4) is 0 Å².